The summed E-state index contributed by atoms with van der Waals surface area (Å²) in [6.45, 7) is 7.80. The van der Waals surface area contributed by atoms with E-state index in [2.05, 4.69) is 6.92 Å². The molecule has 0 amide bonds. The lowest BCUT2D eigenvalue weighted by molar-refractivity contribution is -0.317. The van der Waals surface area contributed by atoms with Crippen molar-refractivity contribution in [1.29, 1.82) is 0 Å². The van der Waals surface area contributed by atoms with Crippen LogP contribution in [0.25, 0.3) is 0 Å². The number of rotatable bonds is 8. The molecule has 1 aliphatic carbocycles. The molecule has 3 nitrogen and oxygen atoms in total. The van der Waals surface area contributed by atoms with Gasteiger partial charge in [-0.1, -0.05) is 46.5 Å². The quantitative estimate of drug-likeness (QED) is 0.635. The number of carbonyl (C=O) groups is 2. The van der Waals surface area contributed by atoms with Gasteiger partial charge in [0.15, 0.2) is 0 Å². The van der Waals surface area contributed by atoms with Gasteiger partial charge < -0.3 is 9.90 Å². The topological polar surface area (TPSA) is 57.2 Å². The van der Waals surface area contributed by atoms with Crippen LogP contribution in [0.3, 0.4) is 0 Å². The average Bonchev–Trinajstić information content (AvgIpc) is 2.30. The normalized spacial score (nSPS) is 26.5. The summed E-state index contributed by atoms with van der Waals surface area (Å²) in [4.78, 5) is 22.9. The van der Waals surface area contributed by atoms with Gasteiger partial charge in [0.25, 0.3) is 0 Å². The molecule has 3 unspecified atom stereocenters. The summed E-state index contributed by atoms with van der Waals surface area (Å²) in [5, 5.41) is 11.4. The van der Waals surface area contributed by atoms with Crippen LogP contribution in [-0.4, -0.2) is 11.8 Å². The Hall–Kier alpha value is -0.860. The maximum absolute atomic E-state index is 11.5. The van der Waals surface area contributed by atoms with Crippen LogP contribution in [0, 0.1) is 23.2 Å². The minimum Gasteiger partial charge on any atom is -0.550 e. The van der Waals surface area contributed by atoms with Crippen molar-refractivity contribution in [3.8, 4) is 0 Å². The number of carbonyl (C=O) groups excluding carboxylic acids is 2. The van der Waals surface area contributed by atoms with Gasteiger partial charge in [0.1, 0.15) is 5.78 Å². The Morgan fingerprint density at radius 3 is 2.32 bits per heavy atom. The van der Waals surface area contributed by atoms with Crippen molar-refractivity contribution in [3.05, 3.63) is 0 Å². The molecule has 0 aromatic rings. The highest BCUT2D eigenvalue weighted by molar-refractivity contribution is 5.81. The van der Waals surface area contributed by atoms with E-state index in [9.17, 15) is 14.7 Å². The van der Waals surface area contributed by atoms with Crippen LogP contribution in [0.15, 0.2) is 0 Å². The number of ketones is 1. The highest BCUT2D eigenvalue weighted by atomic mass is 16.4. The van der Waals surface area contributed by atoms with Crippen LogP contribution < -0.4 is 5.11 Å². The van der Waals surface area contributed by atoms with Gasteiger partial charge in [-0.15, -0.1) is 0 Å². The standard InChI is InChI=1S/C16H28O3/c1-5-6-7-8-9-12(15(18)19)14-10-13(11(2)17)16(14,3)4/h12-14H,5-10H2,1-4H3,(H,18,19)/p-1. The van der Waals surface area contributed by atoms with E-state index in [1.165, 1.54) is 0 Å². The molecule has 3 atom stereocenters. The summed E-state index contributed by atoms with van der Waals surface area (Å²) in [5.41, 5.74) is -0.193. The zero-order valence-corrected chi connectivity index (χ0v) is 12.7. The van der Waals surface area contributed by atoms with Crippen molar-refractivity contribution in [3.63, 3.8) is 0 Å². The molecule has 1 saturated carbocycles. The van der Waals surface area contributed by atoms with Crippen LogP contribution in [0.5, 0.6) is 0 Å². The Balaban J connectivity index is 2.59. The molecular formula is C16H27O3-. The molecule has 0 heterocycles. The summed E-state index contributed by atoms with van der Waals surface area (Å²) in [5.74, 6) is -1.02. The summed E-state index contributed by atoms with van der Waals surface area (Å²) in [7, 11) is 0. The number of aliphatic carboxylic acids is 1. The van der Waals surface area contributed by atoms with Crippen LogP contribution in [0.1, 0.15) is 66.2 Å². The summed E-state index contributed by atoms with van der Waals surface area (Å²) < 4.78 is 0. The Bertz CT molecular complexity index is 333. The Labute approximate surface area is 116 Å². The monoisotopic (exact) mass is 267 g/mol. The van der Waals surface area contributed by atoms with Crippen LogP contribution in [0.4, 0.5) is 0 Å². The van der Waals surface area contributed by atoms with E-state index in [4.69, 9.17) is 0 Å². The molecule has 19 heavy (non-hydrogen) atoms. The van der Waals surface area contributed by atoms with Gasteiger partial charge >= 0.3 is 0 Å². The number of hydrogen-bond acceptors (Lipinski definition) is 3. The molecule has 0 spiro atoms. The van der Waals surface area contributed by atoms with Crippen molar-refractivity contribution in [2.24, 2.45) is 23.2 Å². The fourth-order valence-corrected chi connectivity index (χ4v) is 3.61. The highest BCUT2D eigenvalue weighted by Gasteiger charge is 2.52. The second-order valence-electron chi connectivity index (χ2n) is 6.60. The first kappa shape index (κ1) is 16.2. The third-order valence-electron chi connectivity index (χ3n) is 4.99. The van der Waals surface area contributed by atoms with Gasteiger partial charge in [-0.3, -0.25) is 4.79 Å². The Morgan fingerprint density at radius 2 is 1.89 bits per heavy atom. The lowest BCUT2D eigenvalue weighted by atomic mass is 9.50. The predicted molar refractivity (Wildman–Crippen MR) is 73.3 cm³/mol. The van der Waals surface area contributed by atoms with Crippen LogP contribution in [0.2, 0.25) is 0 Å². The first-order valence-corrected chi connectivity index (χ1v) is 7.53. The third kappa shape index (κ3) is 3.58. The molecule has 0 aromatic carbocycles. The average molecular weight is 267 g/mol. The number of carboxylic acid groups (broad SMARTS) is 1. The molecular weight excluding hydrogens is 240 g/mol. The van der Waals surface area contributed by atoms with Crippen molar-refractivity contribution in [2.75, 3.05) is 0 Å². The second kappa shape index (κ2) is 6.53. The van der Waals surface area contributed by atoms with Crippen LogP contribution in [-0.2, 0) is 9.59 Å². The van der Waals surface area contributed by atoms with E-state index in [0.717, 1.165) is 32.1 Å². The highest BCUT2D eigenvalue weighted by Crippen LogP contribution is 2.55. The first-order chi connectivity index (χ1) is 8.82. The number of carboxylic acids is 1. The lowest BCUT2D eigenvalue weighted by Crippen LogP contribution is -2.54. The lowest BCUT2D eigenvalue weighted by Gasteiger charge is -2.54. The van der Waals surface area contributed by atoms with E-state index in [1.54, 1.807) is 6.92 Å². The molecule has 110 valence electrons. The van der Waals surface area contributed by atoms with Crippen molar-refractivity contribution in [2.45, 2.75) is 66.2 Å². The zero-order chi connectivity index (χ0) is 14.6. The fraction of sp³-hybridized carbons (Fsp3) is 0.875. The van der Waals surface area contributed by atoms with Gasteiger partial charge in [-0.25, -0.2) is 0 Å². The molecule has 0 radical (unpaired) electrons. The van der Waals surface area contributed by atoms with Gasteiger partial charge in [0.2, 0.25) is 0 Å². The van der Waals surface area contributed by atoms with E-state index in [1.807, 2.05) is 13.8 Å². The van der Waals surface area contributed by atoms with E-state index in [-0.39, 0.29) is 29.0 Å². The zero-order valence-electron chi connectivity index (χ0n) is 12.7. The van der Waals surface area contributed by atoms with Gasteiger partial charge in [0.05, 0.1) is 0 Å². The van der Waals surface area contributed by atoms with E-state index in [0.29, 0.717) is 6.42 Å². The molecule has 1 rings (SSSR count). The first-order valence-electron chi connectivity index (χ1n) is 7.53. The molecule has 0 saturated heterocycles. The van der Waals surface area contributed by atoms with E-state index < -0.39 is 5.97 Å². The number of hydrogen-bond donors (Lipinski definition) is 0. The molecule has 3 heteroatoms. The van der Waals surface area contributed by atoms with Crippen molar-refractivity contribution >= 4 is 11.8 Å². The summed E-state index contributed by atoms with van der Waals surface area (Å²) >= 11 is 0. The smallest absolute Gasteiger partial charge is 0.133 e. The molecule has 0 aliphatic heterocycles. The van der Waals surface area contributed by atoms with Crippen LogP contribution >= 0.6 is 0 Å². The van der Waals surface area contributed by atoms with Gasteiger partial charge in [0, 0.05) is 17.8 Å². The predicted octanol–water partition coefficient (Wildman–Crippen LogP) is 2.57. The molecule has 0 aromatic heterocycles. The second-order valence-corrected chi connectivity index (χ2v) is 6.60. The Morgan fingerprint density at radius 1 is 1.26 bits per heavy atom. The molecule has 1 fully saturated rings. The van der Waals surface area contributed by atoms with Crippen molar-refractivity contribution < 1.29 is 14.7 Å². The van der Waals surface area contributed by atoms with Gasteiger partial charge in [-0.2, -0.15) is 0 Å². The van der Waals surface area contributed by atoms with Gasteiger partial charge in [-0.05, 0) is 31.1 Å². The minimum atomic E-state index is -0.934. The SMILES string of the molecule is CCCCCCC(C(=O)[O-])C1CC(C(C)=O)C1(C)C. The maximum atomic E-state index is 11.5. The molecule has 0 N–H and O–H groups in total. The number of Topliss-reactive ketones (excluding diaryl/α,β-unsaturated/α-hetero) is 1. The largest absolute Gasteiger partial charge is 0.550 e. The molecule has 0 bridgehead atoms. The minimum absolute atomic E-state index is 0.0231. The molecule has 1 aliphatic rings. The fourth-order valence-electron chi connectivity index (χ4n) is 3.61. The van der Waals surface area contributed by atoms with E-state index >= 15 is 0 Å². The van der Waals surface area contributed by atoms with Crippen molar-refractivity contribution in [1.82, 2.24) is 0 Å². The summed E-state index contributed by atoms with van der Waals surface area (Å²) in [6.07, 6.45) is 5.75. The number of unbranched alkanes of at least 4 members (excludes halogenated alkanes) is 3. The summed E-state index contributed by atoms with van der Waals surface area (Å²) in [6, 6.07) is 0. The third-order valence-corrected chi connectivity index (χ3v) is 4.99. The maximum Gasteiger partial charge on any atom is 0.133 e. The Kier molecular flexibility index (Phi) is 5.57.